The third kappa shape index (κ3) is 137. The molecule has 0 aliphatic rings. The van der Waals surface area contributed by atoms with Gasteiger partial charge in [0.2, 0.25) is 0 Å². The average Bonchev–Trinajstić information content (AvgIpc) is 2.74. The first-order valence-corrected chi connectivity index (χ1v) is 19.8. The van der Waals surface area contributed by atoms with Crippen molar-refractivity contribution in [1.29, 1.82) is 0 Å². The van der Waals surface area contributed by atoms with Gasteiger partial charge in [-0.25, -0.2) is 0 Å². The predicted molar refractivity (Wildman–Crippen MR) is 163 cm³/mol. The minimum absolute atomic E-state index is 2.00. The Bertz CT molecular complexity index is 794. The Balaban J connectivity index is -0.000000178. The topological polar surface area (TPSA) is 243 Å². The Kier molecular flexibility index (Phi) is 31.8. The molecule has 0 atom stereocenters. The molecule has 0 bridgehead atoms. The Labute approximate surface area is 241 Å². The van der Waals surface area contributed by atoms with Gasteiger partial charge in [-0.3, -0.25) is 0 Å². The van der Waals surface area contributed by atoms with Crippen LogP contribution in [0.2, 0.25) is 0 Å². The second-order valence-corrected chi connectivity index (χ2v) is 15.5. The molecule has 218 valence electrons. The molecule has 0 unspecified atom stereocenters. The first-order chi connectivity index (χ1) is 17.0. The molecular weight excluding hydrogens is 660 g/mol. The molecule has 0 saturated heterocycles. The molecule has 0 heterocycles. The van der Waals surface area contributed by atoms with Crippen molar-refractivity contribution >= 4 is 74.1 Å². The van der Waals surface area contributed by atoms with Gasteiger partial charge in [0.1, 0.15) is 0 Å². The fourth-order valence-electron chi connectivity index (χ4n) is 1.15. The van der Waals surface area contributed by atoms with Crippen molar-refractivity contribution in [2.24, 2.45) is 0 Å². The van der Waals surface area contributed by atoms with Crippen molar-refractivity contribution in [3.63, 3.8) is 0 Å². The summed E-state index contributed by atoms with van der Waals surface area (Å²) in [7, 11) is 0. The maximum atomic E-state index is 7.56. The van der Waals surface area contributed by atoms with E-state index in [4.69, 9.17) is 58.7 Å². The lowest BCUT2D eigenvalue weighted by atomic mass is 10.4. The van der Waals surface area contributed by atoms with Crippen molar-refractivity contribution in [1.82, 2.24) is 0 Å². The highest BCUT2D eigenvalue weighted by Crippen LogP contribution is 2.27. The molecule has 0 aliphatic carbocycles. The van der Waals surface area contributed by atoms with Gasteiger partial charge in [0.15, 0.2) is 0 Å². The van der Waals surface area contributed by atoms with Gasteiger partial charge < -0.3 is 58.7 Å². The average molecular weight is 691 g/mol. The van der Waals surface area contributed by atoms with Crippen LogP contribution in [0.1, 0.15) is 0 Å². The van der Waals surface area contributed by atoms with Crippen LogP contribution in [0.15, 0.2) is 109 Å². The predicted octanol–water partition coefficient (Wildman–Crippen LogP) is 1.81. The first kappa shape index (κ1) is 44.8. The van der Waals surface area contributed by atoms with E-state index in [2.05, 4.69) is 47.2 Å². The summed E-state index contributed by atoms with van der Waals surface area (Å²) >= 11 is 14.4. The minimum atomic E-state index is -3.81. The van der Waals surface area contributed by atoms with Crippen LogP contribution in [0.5, 0.6) is 0 Å². The van der Waals surface area contributed by atoms with E-state index >= 15 is 0 Å². The fourth-order valence-corrected chi connectivity index (χ4v) is 1.15. The van der Waals surface area contributed by atoms with E-state index in [0.717, 1.165) is 0 Å². The van der Waals surface area contributed by atoms with Gasteiger partial charge >= 0.3 is 26.9 Å². The summed E-state index contributed by atoms with van der Waals surface area (Å²) in [6.07, 6.45) is 0. The van der Waals surface area contributed by atoms with Crippen LogP contribution in [0, 0.1) is 0 Å². The minimum Gasteiger partial charge on any atom is -0.325 e. The van der Waals surface area contributed by atoms with Gasteiger partial charge in [-0.05, 0) is 47.2 Å². The van der Waals surface area contributed by atoms with Crippen LogP contribution in [-0.2, 0) is 47.2 Å². The maximum Gasteiger partial charge on any atom is 0.319 e. The van der Waals surface area contributed by atoms with Crippen molar-refractivity contribution in [3.8, 4) is 0 Å². The molecule has 0 amide bonds. The summed E-state index contributed by atoms with van der Waals surface area (Å²) in [4.78, 5) is 90.7. The number of hydrogen-bond donors (Lipinski definition) is 12. The Hall–Kier alpha value is -0.220. The highest BCUT2D eigenvalue weighted by Gasteiger charge is 1.93. The summed E-state index contributed by atoms with van der Waals surface area (Å²) in [5.41, 5.74) is 0. The largest absolute Gasteiger partial charge is 0.325 e. The van der Waals surface area contributed by atoms with Crippen molar-refractivity contribution in [2.75, 3.05) is 0 Å². The summed E-state index contributed by atoms with van der Waals surface area (Å²) in [5.74, 6) is 0. The van der Waals surface area contributed by atoms with Gasteiger partial charge in [-0.2, -0.15) is 0 Å². The van der Waals surface area contributed by atoms with E-state index in [1.807, 2.05) is 109 Å². The van der Waals surface area contributed by atoms with E-state index in [1.54, 1.807) is 0 Å². The zero-order valence-corrected chi connectivity index (χ0v) is 26.0. The first-order valence-electron chi connectivity index (χ1n) is 9.13. The second kappa shape index (κ2) is 27.0. The number of benzene rings is 3. The zero-order chi connectivity index (χ0) is 30.7. The SMILES string of the molecule is OP(O)(O)=S.OP(O)(O)=S.OP(O)(O)=S.OP(O)(O)=S.c1ccccc1.c1ccccc1.c1ccccc1. The summed E-state index contributed by atoms with van der Waals surface area (Å²) in [5, 5.41) is 0. The van der Waals surface area contributed by atoms with E-state index in [-0.39, 0.29) is 0 Å². The van der Waals surface area contributed by atoms with Crippen LogP contribution >= 0.6 is 26.9 Å². The van der Waals surface area contributed by atoms with Gasteiger partial charge in [-0.1, -0.05) is 109 Å². The molecule has 3 aromatic carbocycles. The highest BCUT2D eigenvalue weighted by molar-refractivity contribution is 8.07. The lowest BCUT2D eigenvalue weighted by molar-refractivity contribution is 0.361. The maximum absolute atomic E-state index is 7.56. The monoisotopic (exact) mass is 690 g/mol. The summed E-state index contributed by atoms with van der Waals surface area (Å²) in [6.45, 7) is -15.2. The highest BCUT2D eigenvalue weighted by atomic mass is 32.5. The molecule has 0 spiro atoms. The van der Waals surface area contributed by atoms with Gasteiger partial charge in [0.05, 0.1) is 0 Å². The molecule has 0 fully saturated rings. The number of rotatable bonds is 0. The third-order valence-electron chi connectivity index (χ3n) is 2.00. The molecule has 0 aromatic heterocycles. The van der Waals surface area contributed by atoms with Crippen LogP contribution in [0.4, 0.5) is 0 Å². The van der Waals surface area contributed by atoms with E-state index < -0.39 is 26.9 Å². The van der Waals surface area contributed by atoms with Gasteiger partial charge in [0, 0.05) is 0 Å². The van der Waals surface area contributed by atoms with E-state index in [9.17, 15) is 0 Å². The molecule has 20 heteroatoms. The molecule has 38 heavy (non-hydrogen) atoms. The molecule has 3 aromatic rings. The zero-order valence-electron chi connectivity index (χ0n) is 19.2. The van der Waals surface area contributed by atoms with Gasteiger partial charge in [-0.15, -0.1) is 0 Å². The third-order valence-corrected chi connectivity index (χ3v) is 2.00. The normalized spacial score (nSPS) is 10.0. The quantitative estimate of drug-likeness (QED) is 0.151. The van der Waals surface area contributed by atoms with Crippen LogP contribution < -0.4 is 0 Å². The smallest absolute Gasteiger partial charge is 0.319 e. The van der Waals surface area contributed by atoms with Crippen molar-refractivity contribution < 1.29 is 58.7 Å². The summed E-state index contributed by atoms with van der Waals surface area (Å²) in [6, 6.07) is 36.0. The molecule has 12 nitrogen and oxygen atoms in total. The standard InChI is InChI=1S/3C6H6.4H3O3PS/c3*1-2-4-6-5-3-1;4*1-4(2,3)5/h3*1-6H;4*(H3,1,2,3,5). The Morgan fingerprint density at radius 2 is 0.237 bits per heavy atom. The van der Waals surface area contributed by atoms with Crippen LogP contribution in [0.25, 0.3) is 0 Å². The Morgan fingerprint density at radius 3 is 0.263 bits per heavy atom. The molecular formula is C18H30O12P4S4. The fraction of sp³-hybridized carbons (Fsp3) is 0. The summed E-state index contributed by atoms with van der Waals surface area (Å²) < 4.78 is 0. The van der Waals surface area contributed by atoms with Crippen molar-refractivity contribution in [3.05, 3.63) is 109 Å². The number of hydrogen-bond acceptors (Lipinski definition) is 4. The van der Waals surface area contributed by atoms with Crippen LogP contribution in [0.3, 0.4) is 0 Å². The second-order valence-electron chi connectivity index (χ2n) is 5.52. The van der Waals surface area contributed by atoms with Crippen molar-refractivity contribution in [2.45, 2.75) is 0 Å². The molecule has 3 rings (SSSR count). The van der Waals surface area contributed by atoms with Crippen LogP contribution in [-0.4, -0.2) is 58.7 Å². The molecule has 0 aliphatic heterocycles. The molecule has 0 radical (unpaired) electrons. The van der Waals surface area contributed by atoms with E-state index in [1.165, 1.54) is 0 Å². The lowest BCUT2D eigenvalue weighted by Gasteiger charge is -1.88. The molecule has 12 N–H and O–H groups in total. The lowest BCUT2D eigenvalue weighted by Crippen LogP contribution is -1.65. The molecule has 0 saturated carbocycles. The van der Waals surface area contributed by atoms with Gasteiger partial charge in [0.25, 0.3) is 0 Å². The van der Waals surface area contributed by atoms with E-state index in [0.29, 0.717) is 0 Å². The Morgan fingerprint density at radius 1 is 0.211 bits per heavy atom.